The Bertz CT molecular complexity index is 1600. The summed E-state index contributed by atoms with van der Waals surface area (Å²) >= 11 is 0. The fourth-order valence-electron chi connectivity index (χ4n) is 4.35. The number of imide groups is 1. The molecule has 12 heteroatoms. The standard InChI is InChI=1S/C26H24N4O7S/c1-16-11-12-21(37-16)24-28-27-22(30(24)23-19(35-2)9-6-10-20(23)36-3)15-38(33,34)14-13-29-25(31)17-7-4-5-8-18(17)26(29)32/h4-12H,13-15H2,1-3H3. The van der Waals surface area contributed by atoms with Gasteiger partial charge in [0.05, 0.1) is 31.1 Å². The van der Waals surface area contributed by atoms with Gasteiger partial charge in [-0.15, -0.1) is 10.2 Å². The van der Waals surface area contributed by atoms with E-state index in [2.05, 4.69) is 10.2 Å². The summed E-state index contributed by atoms with van der Waals surface area (Å²) < 4.78 is 44.9. The molecule has 0 aliphatic carbocycles. The van der Waals surface area contributed by atoms with Crippen molar-refractivity contribution in [1.29, 1.82) is 0 Å². The minimum Gasteiger partial charge on any atom is -0.494 e. The number of carbonyl (C=O) groups is 2. The number of rotatable bonds is 9. The molecule has 0 atom stereocenters. The number of hydrogen-bond donors (Lipinski definition) is 0. The third-order valence-corrected chi connectivity index (χ3v) is 7.67. The third kappa shape index (κ3) is 4.43. The van der Waals surface area contributed by atoms with Crippen LogP contribution in [0.4, 0.5) is 0 Å². The topological polar surface area (TPSA) is 134 Å². The first-order valence-corrected chi connectivity index (χ1v) is 13.4. The van der Waals surface area contributed by atoms with Crippen molar-refractivity contribution in [2.24, 2.45) is 0 Å². The highest BCUT2D eigenvalue weighted by Crippen LogP contribution is 2.37. The maximum Gasteiger partial charge on any atom is 0.261 e. The van der Waals surface area contributed by atoms with Crippen molar-refractivity contribution in [3.63, 3.8) is 0 Å². The van der Waals surface area contributed by atoms with Crippen LogP contribution in [-0.2, 0) is 15.6 Å². The van der Waals surface area contributed by atoms with Crippen LogP contribution in [-0.4, -0.2) is 66.4 Å². The lowest BCUT2D eigenvalue weighted by molar-refractivity contribution is 0.0664. The molecule has 2 amide bonds. The number of furan rings is 1. The lowest BCUT2D eigenvalue weighted by Crippen LogP contribution is -2.34. The molecule has 11 nitrogen and oxygen atoms in total. The summed E-state index contributed by atoms with van der Waals surface area (Å²) in [5.74, 6) is 0.140. The van der Waals surface area contributed by atoms with Gasteiger partial charge in [-0.2, -0.15) is 0 Å². The van der Waals surface area contributed by atoms with Crippen LogP contribution in [0.5, 0.6) is 11.5 Å². The van der Waals surface area contributed by atoms with Gasteiger partial charge in [-0.3, -0.25) is 19.1 Å². The maximum absolute atomic E-state index is 13.3. The number of benzene rings is 2. The molecule has 196 valence electrons. The molecule has 0 unspecified atom stereocenters. The van der Waals surface area contributed by atoms with E-state index in [1.807, 2.05) is 0 Å². The van der Waals surface area contributed by atoms with Gasteiger partial charge in [-0.1, -0.05) is 18.2 Å². The quantitative estimate of drug-likeness (QED) is 0.296. The molecule has 38 heavy (non-hydrogen) atoms. The molecule has 0 radical (unpaired) electrons. The number of nitrogens with zero attached hydrogens (tertiary/aromatic N) is 4. The van der Waals surface area contributed by atoms with E-state index in [9.17, 15) is 18.0 Å². The van der Waals surface area contributed by atoms with Crippen molar-refractivity contribution in [3.8, 4) is 28.8 Å². The van der Waals surface area contributed by atoms with E-state index in [0.717, 1.165) is 4.90 Å². The summed E-state index contributed by atoms with van der Waals surface area (Å²) in [4.78, 5) is 26.3. The number of fused-ring (bicyclic) bond motifs is 1. The molecule has 3 heterocycles. The molecule has 0 N–H and O–H groups in total. The fraction of sp³-hybridized carbons (Fsp3) is 0.231. The van der Waals surface area contributed by atoms with Gasteiger partial charge in [0.2, 0.25) is 5.82 Å². The van der Waals surface area contributed by atoms with Crippen molar-refractivity contribution in [1.82, 2.24) is 19.7 Å². The molecule has 0 saturated carbocycles. The zero-order chi connectivity index (χ0) is 27.0. The number of hydrogen-bond acceptors (Lipinski definition) is 9. The Balaban J connectivity index is 1.49. The first kappa shape index (κ1) is 25.2. The highest BCUT2D eigenvalue weighted by atomic mass is 32.2. The van der Waals surface area contributed by atoms with E-state index in [-0.39, 0.29) is 29.3 Å². The van der Waals surface area contributed by atoms with Gasteiger partial charge in [0.15, 0.2) is 21.4 Å². The lowest BCUT2D eigenvalue weighted by Gasteiger charge is -2.17. The molecule has 0 fully saturated rings. The number of methoxy groups -OCH3 is 2. The molecular formula is C26H24N4O7S. The second kappa shape index (κ2) is 9.78. The van der Waals surface area contributed by atoms with Gasteiger partial charge in [0.25, 0.3) is 11.8 Å². The minimum absolute atomic E-state index is 0.0826. The largest absolute Gasteiger partial charge is 0.494 e. The van der Waals surface area contributed by atoms with Gasteiger partial charge in [0.1, 0.15) is 28.7 Å². The molecule has 0 spiro atoms. The Morgan fingerprint density at radius 2 is 1.50 bits per heavy atom. The van der Waals surface area contributed by atoms with Gasteiger partial charge in [-0.05, 0) is 43.3 Å². The molecule has 5 rings (SSSR count). The van der Waals surface area contributed by atoms with Crippen LogP contribution in [0.1, 0.15) is 32.3 Å². The SMILES string of the molecule is COc1cccc(OC)c1-n1c(CS(=O)(=O)CCN2C(=O)c3ccccc3C2=O)nnc1-c1ccc(C)o1. The Labute approximate surface area is 218 Å². The average Bonchev–Trinajstić information content (AvgIpc) is 3.58. The fourth-order valence-corrected chi connectivity index (χ4v) is 5.54. The zero-order valence-corrected chi connectivity index (χ0v) is 21.7. The summed E-state index contributed by atoms with van der Waals surface area (Å²) in [7, 11) is -0.903. The number of amides is 2. The highest BCUT2D eigenvalue weighted by molar-refractivity contribution is 7.90. The molecular weight excluding hydrogens is 512 g/mol. The van der Waals surface area contributed by atoms with Gasteiger partial charge in [-0.25, -0.2) is 8.42 Å². The minimum atomic E-state index is -3.87. The average molecular weight is 537 g/mol. The van der Waals surface area contributed by atoms with E-state index in [1.54, 1.807) is 61.5 Å². The molecule has 0 saturated heterocycles. The van der Waals surface area contributed by atoms with E-state index in [1.165, 1.54) is 18.8 Å². The van der Waals surface area contributed by atoms with Crippen LogP contribution in [0.3, 0.4) is 0 Å². The van der Waals surface area contributed by atoms with Crippen LogP contribution in [0.25, 0.3) is 17.3 Å². The van der Waals surface area contributed by atoms with E-state index < -0.39 is 33.2 Å². The predicted molar refractivity (Wildman–Crippen MR) is 136 cm³/mol. The van der Waals surface area contributed by atoms with Gasteiger partial charge in [0, 0.05) is 6.54 Å². The lowest BCUT2D eigenvalue weighted by atomic mass is 10.1. The predicted octanol–water partition coefficient (Wildman–Crippen LogP) is 3.06. The van der Waals surface area contributed by atoms with Crippen LogP contribution >= 0.6 is 0 Å². The van der Waals surface area contributed by atoms with Crippen molar-refractivity contribution in [2.75, 3.05) is 26.5 Å². The molecule has 0 bridgehead atoms. The van der Waals surface area contributed by atoms with Crippen LogP contribution < -0.4 is 9.47 Å². The molecule has 2 aromatic heterocycles. The highest BCUT2D eigenvalue weighted by Gasteiger charge is 2.36. The van der Waals surface area contributed by atoms with Gasteiger partial charge >= 0.3 is 0 Å². The molecule has 1 aliphatic heterocycles. The van der Waals surface area contributed by atoms with Crippen molar-refractivity contribution >= 4 is 21.7 Å². The van der Waals surface area contributed by atoms with Crippen LogP contribution in [0.2, 0.25) is 0 Å². The summed E-state index contributed by atoms with van der Waals surface area (Å²) in [6.45, 7) is 1.49. The number of aryl methyl sites for hydroxylation is 1. The molecule has 4 aromatic rings. The second-order valence-corrected chi connectivity index (χ2v) is 10.8. The Morgan fingerprint density at radius 3 is 2.05 bits per heavy atom. The Kier molecular flexibility index (Phi) is 6.49. The monoisotopic (exact) mass is 536 g/mol. The van der Waals surface area contributed by atoms with Gasteiger partial charge < -0.3 is 13.9 Å². The first-order valence-electron chi connectivity index (χ1n) is 11.6. The number of ether oxygens (including phenoxy) is 2. The Hall–Kier alpha value is -4.45. The smallest absolute Gasteiger partial charge is 0.261 e. The Morgan fingerprint density at radius 1 is 0.868 bits per heavy atom. The number of para-hydroxylation sites is 1. The molecule has 2 aromatic carbocycles. The van der Waals surface area contributed by atoms with E-state index in [0.29, 0.717) is 28.7 Å². The van der Waals surface area contributed by atoms with E-state index in [4.69, 9.17) is 13.9 Å². The number of aromatic nitrogens is 3. The normalized spacial score (nSPS) is 13.2. The zero-order valence-electron chi connectivity index (χ0n) is 20.9. The van der Waals surface area contributed by atoms with E-state index >= 15 is 0 Å². The molecule has 1 aliphatic rings. The van der Waals surface area contributed by atoms with Crippen molar-refractivity contribution < 1.29 is 31.9 Å². The first-order chi connectivity index (χ1) is 18.2. The summed E-state index contributed by atoms with van der Waals surface area (Å²) in [5, 5.41) is 8.40. The van der Waals surface area contributed by atoms with Crippen LogP contribution in [0.15, 0.2) is 59.0 Å². The number of carbonyl (C=O) groups excluding carboxylic acids is 2. The van der Waals surface area contributed by atoms with Crippen LogP contribution in [0, 0.1) is 6.92 Å². The summed E-state index contributed by atoms with van der Waals surface area (Å²) in [5.41, 5.74) is 0.921. The second-order valence-electron chi connectivity index (χ2n) is 8.60. The summed E-state index contributed by atoms with van der Waals surface area (Å²) in [6.07, 6.45) is 0. The van der Waals surface area contributed by atoms with Crippen molar-refractivity contribution in [2.45, 2.75) is 12.7 Å². The summed E-state index contributed by atoms with van der Waals surface area (Å²) in [6, 6.07) is 15.0. The maximum atomic E-state index is 13.3. The van der Waals surface area contributed by atoms with Crippen molar-refractivity contribution in [3.05, 3.63) is 77.3 Å². The number of sulfone groups is 1. The third-order valence-electron chi connectivity index (χ3n) is 6.17.